The van der Waals surface area contributed by atoms with Crippen LogP contribution in [0.25, 0.3) is 32.9 Å². The summed E-state index contributed by atoms with van der Waals surface area (Å²) in [5, 5.41) is 1.91. The van der Waals surface area contributed by atoms with Crippen LogP contribution in [-0.2, 0) is 16.1 Å². The highest BCUT2D eigenvalue weighted by molar-refractivity contribution is 6.30. The molecule has 0 radical (unpaired) electrons. The van der Waals surface area contributed by atoms with E-state index < -0.39 is 11.9 Å². The number of nitrogens with zero attached hydrogens (tertiary/aromatic N) is 1. The molecule has 0 atom stereocenters. The van der Waals surface area contributed by atoms with Crippen LogP contribution in [0.2, 0.25) is 5.02 Å². The van der Waals surface area contributed by atoms with Crippen molar-refractivity contribution in [2.45, 2.75) is 13.5 Å². The lowest BCUT2D eigenvalue weighted by Crippen LogP contribution is -2.16. The standard InChI is InChI=1S/C30H25ClN2O4/c1-2-36-18-27(34)37-26-16-21(20-11-13-22(31)14-12-20)15-25-29(26)28-23(30(32)35)9-6-10-24(28)33(25)17-19-7-4-3-5-8-19/h3-16H,2,17-18H2,1H3,(H2,32,35). The first-order valence-electron chi connectivity index (χ1n) is 11.9. The second kappa shape index (κ2) is 10.5. The number of aromatic nitrogens is 1. The molecule has 1 aromatic heterocycles. The summed E-state index contributed by atoms with van der Waals surface area (Å²) in [7, 11) is 0. The Morgan fingerprint density at radius 3 is 2.32 bits per heavy atom. The maximum absolute atomic E-state index is 12.7. The smallest absolute Gasteiger partial charge is 0.337 e. The minimum atomic E-state index is -0.558. The number of nitrogens with two attached hydrogens (primary N) is 1. The molecule has 5 aromatic rings. The van der Waals surface area contributed by atoms with Gasteiger partial charge in [-0.2, -0.15) is 0 Å². The maximum atomic E-state index is 12.7. The Kier molecular flexibility index (Phi) is 6.95. The van der Waals surface area contributed by atoms with Crippen LogP contribution in [0, 0.1) is 0 Å². The van der Waals surface area contributed by atoms with Gasteiger partial charge in [0.05, 0.1) is 16.4 Å². The molecule has 0 fully saturated rings. The molecule has 0 saturated heterocycles. The summed E-state index contributed by atoms with van der Waals surface area (Å²) >= 11 is 6.13. The highest BCUT2D eigenvalue weighted by Gasteiger charge is 2.22. The third-order valence-electron chi connectivity index (χ3n) is 6.23. The fraction of sp³-hybridized carbons (Fsp3) is 0.133. The van der Waals surface area contributed by atoms with Crippen LogP contribution >= 0.6 is 11.6 Å². The van der Waals surface area contributed by atoms with Crippen LogP contribution in [0.3, 0.4) is 0 Å². The number of fused-ring (bicyclic) bond motifs is 3. The molecule has 4 aromatic carbocycles. The lowest BCUT2D eigenvalue weighted by molar-refractivity contribution is -0.139. The summed E-state index contributed by atoms with van der Waals surface area (Å²) in [6.45, 7) is 2.55. The molecule has 0 aliphatic rings. The van der Waals surface area contributed by atoms with E-state index in [-0.39, 0.29) is 6.61 Å². The van der Waals surface area contributed by atoms with Crippen molar-refractivity contribution in [1.29, 1.82) is 0 Å². The first-order chi connectivity index (χ1) is 18.0. The van der Waals surface area contributed by atoms with Crippen molar-refractivity contribution >= 4 is 45.3 Å². The van der Waals surface area contributed by atoms with Gasteiger partial charge in [0, 0.05) is 29.1 Å². The van der Waals surface area contributed by atoms with Crippen molar-refractivity contribution in [3.8, 4) is 16.9 Å². The monoisotopic (exact) mass is 512 g/mol. The quantitative estimate of drug-likeness (QED) is 0.198. The number of rotatable bonds is 8. The van der Waals surface area contributed by atoms with Gasteiger partial charge in [-0.1, -0.05) is 60.1 Å². The largest absolute Gasteiger partial charge is 0.424 e. The third kappa shape index (κ3) is 4.94. The van der Waals surface area contributed by atoms with Crippen LogP contribution < -0.4 is 10.5 Å². The number of amides is 1. The summed E-state index contributed by atoms with van der Waals surface area (Å²) in [6.07, 6.45) is 0. The van der Waals surface area contributed by atoms with E-state index in [4.69, 9.17) is 26.8 Å². The van der Waals surface area contributed by atoms with Crippen LogP contribution in [0.1, 0.15) is 22.8 Å². The first kappa shape index (κ1) is 24.6. The van der Waals surface area contributed by atoms with Gasteiger partial charge in [-0.25, -0.2) is 4.79 Å². The Morgan fingerprint density at radius 2 is 1.62 bits per heavy atom. The van der Waals surface area contributed by atoms with Gasteiger partial charge in [0.25, 0.3) is 0 Å². The molecule has 1 amide bonds. The second-order valence-electron chi connectivity index (χ2n) is 8.62. The van der Waals surface area contributed by atoms with Gasteiger partial charge in [0.1, 0.15) is 12.4 Å². The van der Waals surface area contributed by atoms with Gasteiger partial charge >= 0.3 is 5.97 Å². The van der Waals surface area contributed by atoms with E-state index in [0.717, 1.165) is 27.7 Å². The zero-order chi connectivity index (χ0) is 25.9. The molecule has 0 bridgehead atoms. The zero-order valence-corrected chi connectivity index (χ0v) is 21.0. The molecule has 6 nitrogen and oxygen atoms in total. The van der Waals surface area contributed by atoms with E-state index in [1.165, 1.54) is 0 Å². The Balaban J connectivity index is 1.83. The number of hydrogen-bond donors (Lipinski definition) is 1. The molecule has 37 heavy (non-hydrogen) atoms. The number of benzene rings is 4. The topological polar surface area (TPSA) is 83.6 Å². The zero-order valence-electron chi connectivity index (χ0n) is 20.2. The Labute approximate surface area is 219 Å². The van der Waals surface area contributed by atoms with E-state index in [2.05, 4.69) is 4.57 Å². The molecule has 2 N–H and O–H groups in total. The number of ether oxygens (including phenoxy) is 2. The van der Waals surface area contributed by atoms with Crippen LogP contribution in [0.15, 0.2) is 84.9 Å². The Hall–Kier alpha value is -4.13. The molecule has 0 spiro atoms. The molecule has 5 rings (SSSR count). The lowest BCUT2D eigenvalue weighted by atomic mass is 10.0. The molecule has 0 saturated carbocycles. The minimum absolute atomic E-state index is 0.186. The SMILES string of the molecule is CCOCC(=O)Oc1cc(-c2ccc(Cl)cc2)cc2c1c1c(C(N)=O)cccc1n2Cc1ccccc1. The van der Waals surface area contributed by atoms with Crippen molar-refractivity contribution in [2.24, 2.45) is 5.73 Å². The number of primary amides is 1. The summed E-state index contributed by atoms with van der Waals surface area (Å²) in [6, 6.07) is 26.8. The van der Waals surface area contributed by atoms with Crippen LogP contribution in [0.4, 0.5) is 0 Å². The van der Waals surface area contributed by atoms with Gasteiger partial charge in [-0.15, -0.1) is 0 Å². The van der Waals surface area contributed by atoms with E-state index in [0.29, 0.717) is 40.3 Å². The van der Waals surface area contributed by atoms with Gasteiger partial charge < -0.3 is 19.8 Å². The van der Waals surface area contributed by atoms with E-state index in [1.807, 2.05) is 79.7 Å². The predicted octanol–water partition coefficient (Wildman–Crippen LogP) is 6.20. The summed E-state index contributed by atoms with van der Waals surface area (Å²) in [5.41, 5.74) is 10.6. The number of esters is 1. The average molecular weight is 513 g/mol. The number of carbonyl (C=O) groups excluding carboxylic acids is 2. The average Bonchev–Trinajstić information content (AvgIpc) is 3.22. The highest BCUT2D eigenvalue weighted by atomic mass is 35.5. The van der Waals surface area contributed by atoms with Crippen molar-refractivity contribution in [3.63, 3.8) is 0 Å². The van der Waals surface area contributed by atoms with Gasteiger partial charge in [0.15, 0.2) is 0 Å². The molecular weight excluding hydrogens is 488 g/mol. The Bertz CT molecular complexity index is 1610. The number of hydrogen-bond acceptors (Lipinski definition) is 4. The van der Waals surface area contributed by atoms with Crippen molar-refractivity contribution in [3.05, 3.63) is 101 Å². The molecule has 0 unspecified atom stereocenters. The molecule has 0 aliphatic heterocycles. The predicted molar refractivity (Wildman–Crippen MR) is 146 cm³/mol. The fourth-order valence-corrected chi connectivity index (χ4v) is 4.72. The fourth-order valence-electron chi connectivity index (χ4n) is 4.59. The summed E-state index contributed by atoms with van der Waals surface area (Å²) in [5.74, 6) is -0.757. The molecular formula is C30H25ClN2O4. The van der Waals surface area contributed by atoms with Crippen molar-refractivity contribution < 1.29 is 19.1 Å². The summed E-state index contributed by atoms with van der Waals surface area (Å²) < 4.78 is 13.3. The first-order valence-corrected chi connectivity index (χ1v) is 12.3. The normalized spacial score (nSPS) is 11.2. The van der Waals surface area contributed by atoms with Crippen LogP contribution in [0.5, 0.6) is 5.75 Å². The van der Waals surface area contributed by atoms with Gasteiger partial charge in [-0.3, -0.25) is 4.79 Å². The molecule has 7 heteroatoms. The minimum Gasteiger partial charge on any atom is -0.424 e. The van der Waals surface area contributed by atoms with Gasteiger partial charge in [0.2, 0.25) is 5.91 Å². The molecule has 1 heterocycles. The number of halogens is 1. The highest BCUT2D eigenvalue weighted by Crippen LogP contribution is 2.41. The maximum Gasteiger partial charge on any atom is 0.337 e. The van der Waals surface area contributed by atoms with Crippen molar-refractivity contribution in [1.82, 2.24) is 4.57 Å². The van der Waals surface area contributed by atoms with Gasteiger partial charge in [-0.05, 0) is 60.0 Å². The molecule has 0 aliphatic carbocycles. The lowest BCUT2D eigenvalue weighted by Gasteiger charge is -2.12. The van der Waals surface area contributed by atoms with E-state index in [1.54, 1.807) is 12.1 Å². The van der Waals surface area contributed by atoms with E-state index in [9.17, 15) is 9.59 Å². The summed E-state index contributed by atoms with van der Waals surface area (Å²) in [4.78, 5) is 25.2. The third-order valence-corrected chi connectivity index (χ3v) is 6.48. The molecule has 186 valence electrons. The number of carbonyl (C=O) groups is 2. The Morgan fingerprint density at radius 1 is 0.865 bits per heavy atom. The van der Waals surface area contributed by atoms with Crippen LogP contribution in [-0.4, -0.2) is 29.7 Å². The second-order valence-corrected chi connectivity index (χ2v) is 9.06. The van der Waals surface area contributed by atoms with E-state index >= 15 is 0 Å². The van der Waals surface area contributed by atoms with Crippen molar-refractivity contribution in [2.75, 3.05) is 13.2 Å².